The van der Waals surface area contributed by atoms with Crippen LogP contribution in [0.2, 0.25) is 0 Å². The van der Waals surface area contributed by atoms with E-state index in [0.717, 1.165) is 48.5 Å². The summed E-state index contributed by atoms with van der Waals surface area (Å²) in [5.41, 5.74) is 1.24. The van der Waals surface area contributed by atoms with Crippen LogP contribution in [0.25, 0.3) is 0 Å². The van der Waals surface area contributed by atoms with Crippen LogP contribution in [0.3, 0.4) is 0 Å². The highest BCUT2D eigenvalue weighted by Gasteiger charge is 2.60. The number of aliphatic hydroxyl groups excluding tert-OH is 1. The first-order valence-corrected chi connectivity index (χ1v) is 12.6. The van der Waals surface area contributed by atoms with Gasteiger partial charge in [-0.25, -0.2) is 0 Å². The first-order chi connectivity index (χ1) is 13.4. The second kappa shape index (κ2) is 8.22. The van der Waals surface area contributed by atoms with Gasteiger partial charge in [0.25, 0.3) is 0 Å². The molecule has 28 heavy (non-hydrogen) atoms. The smallest absolute Gasteiger partial charge is 0.0777 e. The van der Waals surface area contributed by atoms with Crippen molar-refractivity contribution < 1.29 is 9.84 Å². The lowest BCUT2D eigenvalue weighted by molar-refractivity contribution is -0.115. The molecule has 0 heterocycles. The maximum Gasteiger partial charge on any atom is 0.0777 e. The van der Waals surface area contributed by atoms with Crippen molar-refractivity contribution in [3.8, 4) is 0 Å². The highest BCUT2D eigenvalue weighted by atomic mass is 16.5. The van der Waals surface area contributed by atoms with Crippen molar-refractivity contribution in [2.75, 3.05) is 13.2 Å². The maximum atomic E-state index is 9.20. The van der Waals surface area contributed by atoms with E-state index in [1.54, 1.807) is 0 Å². The van der Waals surface area contributed by atoms with Crippen LogP contribution >= 0.6 is 0 Å². The summed E-state index contributed by atoms with van der Waals surface area (Å²) < 4.78 is 5.80. The molecule has 0 saturated heterocycles. The number of aliphatic hydroxyl groups is 1. The molecule has 9 atom stereocenters. The predicted molar refractivity (Wildman–Crippen MR) is 116 cm³/mol. The fourth-order valence-electron chi connectivity index (χ4n) is 8.98. The minimum absolute atomic E-state index is 0.0130. The third kappa shape index (κ3) is 3.49. The Balaban J connectivity index is 1.43. The molecule has 2 nitrogen and oxygen atoms in total. The first-order valence-electron chi connectivity index (χ1n) is 12.6. The number of ether oxygens (including phenoxy) is 1. The molecule has 2 heteroatoms. The van der Waals surface area contributed by atoms with Gasteiger partial charge in [0, 0.05) is 6.61 Å². The molecular weight excluding hydrogens is 344 g/mol. The van der Waals surface area contributed by atoms with Crippen LogP contribution in [-0.2, 0) is 4.74 Å². The molecule has 2 unspecified atom stereocenters. The first kappa shape index (κ1) is 21.2. The minimum Gasteiger partial charge on any atom is -0.394 e. The van der Waals surface area contributed by atoms with E-state index in [9.17, 15) is 5.11 Å². The van der Waals surface area contributed by atoms with Crippen LogP contribution in [-0.4, -0.2) is 24.4 Å². The number of rotatable bonds is 6. The largest absolute Gasteiger partial charge is 0.394 e. The van der Waals surface area contributed by atoms with E-state index in [0.29, 0.717) is 10.8 Å². The van der Waals surface area contributed by atoms with E-state index >= 15 is 0 Å². The van der Waals surface area contributed by atoms with Crippen molar-refractivity contribution in [3.63, 3.8) is 0 Å². The molecular formula is C26H46O2. The van der Waals surface area contributed by atoms with Gasteiger partial charge < -0.3 is 9.84 Å². The molecule has 0 radical (unpaired) electrons. The predicted octanol–water partition coefficient (Wildman–Crippen LogP) is 6.46. The fraction of sp³-hybridized carbons (Fsp3) is 1.00. The molecule has 162 valence electrons. The van der Waals surface area contributed by atoms with Crippen molar-refractivity contribution in [1.29, 1.82) is 0 Å². The van der Waals surface area contributed by atoms with Gasteiger partial charge in [-0.3, -0.25) is 0 Å². The summed E-state index contributed by atoms with van der Waals surface area (Å²) in [6.07, 6.45) is 16.1. The second-order valence-electron chi connectivity index (χ2n) is 11.8. The van der Waals surface area contributed by atoms with Gasteiger partial charge in [0.1, 0.15) is 0 Å². The SMILES string of the molecule is CC(CO)OCC[C@@H](C)[C@H]1CC[C@H]2[C@@H]3CCC4CCCC[C@]4(C)[C@H]3CC[C@]12C. The minimum atomic E-state index is -0.0130. The monoisotopic (exact) mass is 390 g/mol. The molecule has 4 aliphatic rings. The molecule has 0 aromatic carbocycles. The number of fused-ring (bicyclic) bond motifs is 5. The molecule has 0 bridgehead atoms. The average molecular weight is 391 g/mol. The van der Waals surface area contributed by atoms with Gasteiger partial charge in [0.05, 0.1) is 12.7 Å². The summed E-state index contributed by atoms with van der Waals surface area (Å²) in [5.74, 6) is 5.68. The molecule has 1 N–H and O–H groups in total. The lowest BCUT2D eigenvalue weighted by Gasteiger charge is -2.61. The van der Waals surface area contributed by atoms with E-state index < -0.39 is 0 Å². The van der Waals surface area contributed by atoms with Gasteiger partial charge >= 0.3 is 0 Å². The lowest BCUT2D eigenvalue weighted by Crippen LogP contribution is -2.53. The van der Waals surface area contributed by atoms with E-state index in [1.807, 2.05) is 6.92 Å². The van der Waals surface area contributed by atoms with E-state index in [2.05, 4.69) is 20.8 Å². The van der Waals surface area contributed by atoms with E-state index in [4.69, 9.17) is 4.74 Å². The third-order valence-corrected chi connectivity index (χ3v) is 10.6. The van der Waals surface area contributed by atoms with Gasteiger partial charge in [-0.05, 0) is 111 Å². The molecule has 0 aliphatic heterocycles. The zero-order chi connectivity index (χ0) is 19.9. The van der Waals surface area contributed by atoms with Crippen LogP contribution in [0.5, 0.6) is 0 Å². The topological polar surface area (TPSA) is 29.5 Å². The number of hydrogen-bond donors (Lipinski definition) is 1. The van der Waals surface area contributed by atoms with Crippen LogP contribution in [0.1, 0.15) is 98.3 Å². The Morgan fingerprint density at radius 1 is 0.893 bits per heavy atom. The summed E-state index contributed by atoms with van der Waals surface area (Å²) in [7, 11) is 0. The van der Waals surface area contributed by atoms with Crippen LogP contribution < -0.4 is 0 Å². The zero-order valence-electron chi connectivity index (χ0n) is 19.1. The van der Waals surface area contributed by atoms with Gasteiger partial charge in [-0.2, -0.15) is 0 Å². The van der Waals surface area contributed by atoms with Crippen molar-refractivity contribution >= 4 is 0 Å². The summed E-state index contributed by atoms with van der Waals surface area (Å²) >= 11 is 0. The van der Waals surface area contributed by atoms with E-state index in [1.165, 1.54) is 64.2 Å². The Kier molecular flexibility index (Phi) is 6.21. The summed E-state index contributed by atoms with van der Waals surface area (Å²) in [5, 5.41) is 9.20. The Morgan fingerprint density at radius 3 is 2.46 bits per heavy atom. The molecule has 4 rings (SSSR count). The zero-order valence-corrected chi connectivity index (χ0v) is 19.1. The summed E-state index contributed by atoms with van der Waals surface area (Å²) in [4.78, 5) is 0. The molecule has 4 saturated carbocycles. The molecule has 0 spiro atoms. The van der Waals surface area contributed by atoms with Crippen molar-refractivity contribution in [2.24, 2.45) is 46.3 Å². The van der Waals surface area contributed by atoms with Gasteiger partial charge in [0.15, 0.2) is 0 Å². The molecule has 0 amide bonds. The Labute approximate surface area is 174 Å². The van der Waals surface area contributed by atoms with Gasteiger partial charge in [-0.15, -0.1) is 0 Å². The Morgan fingerprint density at radius 2 is 1.68 bits per heavy atom. The third-order valence-electron chi connectivity index (χ3n) is 10.6. The maximum absolute atomic E-state index is 9.20. The lowest BCUT2D eigenvalue weighted by atomic mass is 9.44. The van der Waals surface area contributed by atoms with Crippen LogP contribution in [0.4, 0.5) is 0 Å². The number of hydrogen-bond acceptors (Lipinski definition) is 2. The second-order valence-corrected chi connectivity index (χ2v) is 11.8. The van der Waals surface area contributed by atoms with Crippen molar-refractivity contribution in [1.82, 2.24) is 0 Å². The van der Waals surface area contributed by atoms with Crippen LogP contribution in [0.15, 0.2) is 0 Å². The highest BCUT2D eigenvalue weighted by molar-refractivity contribution is 5.09. The van der Waals surface area contributed by atoms with E-state index in [-0.39, 0.29) is 12.7 Å². The molecule has 0 aromatic heterocycles. The molecule has 4 fully saturated rings. The van der Waals surface area contributed by atoms with Crippen LogP contribution in [0, 0.1) is 46.3 Å². The normalized spacial score (nSPS) is 47.7. The average Bonchev–Trinajstić information content (AvgIpc) is 3.04. The molecule has 4 aliphatic carbocycles. The van der Waals surface area contributed by atoms with Crippen molar-refractivity contribution in [2.45, 2.75) is 104 Å². The Hall–Kier alpha value is -0.0800. The quantitative estimate of drug-likeness (QED) is 0.564. The van der Waals surface area contributed by atoms with Gasteiger partial charge in [0.2, 0.25) is 0 Å². The summed E-state index contributed by atoms with van der Waals surface area (Å²) in [6.45, 7) is 10.8. The molecule has 0 aromatic rings. The Bertz CT molecular complexity index is 533. The summed E-state index contributed by atoms with van der Waals surface area (Å²) in [6, 6.07) is 0. The van der Waals surface area contributed by atoms with Gasteiger partial charge in [-0.1, -0.05) is 33.6 Å². The van der Waals surface area contributed by atoms with Crippen molar-refractivity contribution in [3.05, 3.63) is 0 Å². The highest BCUT2D eigenvalue weighted by Crippen LogP contribution is 2.68. The standard InChI is InChI=1S/C26H46O2/c1-18(13-16-28-19(2)17-27)22-10-11-23-21-9-8-20-7-5-6-14-25(20,3)24(21)12-15-26(22,23)4/h18-24,27H,5-17H2,1-4H3/t18-,19?,20?,21+,22-,23+,24+,25+,26-/m1/s1. The fourth-order valence-corrected chi connectivity index (χ4v) is 8.98.